The molecule has 9 heteroatoms. The van der Waals surface area contributed by atoms with E-state index in [1.807, 2.05) is 36.4 Å². The standard InChI is InChI=1S/C31H27ClFN7/c1-2-27(19-6-4-3-5-7-19)37-29-21(16-34)17-35-31-25(29)14-23(15-26(31)32)36-30(20-8-10-22(33)11-9-20)28-18-40(39-38-28)24-12-13-24/h3-11,14-15,17-18,24,27,30,36H,2,12-13H2,1H3,(H,35,37)/t27-,30+/m1/s1/i30D. The Balaban J connectivity index is 1.46. The summed E-state index contributed by atoms with van der Waals surface area (Å²) in [5.41, 5.74) is 3.96. The van der Waals surface area contributed by atoms with E-state index in [1.165, 1.54) is 18.3 Å². The lowest BCUT2D eigenvalue weighted by molar-refractivity contribution is 0.610. The van der Waals surface area contributed by atoms with Gasteiger partial charge in [-0.2, -0.15) is 5.26 Å². The lowest BCUT2D eigenvalue weighted by atomic mass is 10.0. The van der Waals surface area contributed by atoms with Crippen molar-refractivity contribution < 1.29 is 5.76 Å². The Labute approximate surface area is 238 Å². The molecular formula is C31H27ClFN7. The molecule has 0 amide bonds. The van der Waals surface area contributed by atoms with Crippen LogP contribution in [0.3, 0.4) is 0 Å². The van der Waals surface area contributed by atoms with E-state index in [0.717, 1.165) is 24.8 Å². The van der Waals surface area contributed by atoms with Crippen molar-refractivity contribution in [2.75, 3.05) is 10.6 Å². The van der Waals surface area contributed by atoms with E-state index < -0.39 is 11.8 Å². The van der Waals surface area contributed by atoms with E-state index in [1.54, 1.807) is 29.1 Å². The maximum Gasteiger partial charge on any atom is 0.123 e. The van der Waals surface area contributed by atoms with Crippen molar-refractivity contribution in [2.45, 2.75) is 44.3 Å². The van der Waals surface area contributed by atoms with Crippen molar-refractivity contribution >= 4 is 33.9 Å². The molecule has 6 rings (SSSR count). The van der Waals surface area contributed by atoms with Gasteiger partial charge in [-0.25, -0.2) is 9.07 Å². The molecule has 0 unspecified atom stereocenters. The number of nitrogens with one attached hydrogen (secondary N) is 2. The molecule has 2 aromatic heterocycles. The number of nitriles is 1. The van der Waals surface area contributed by atoms with Crippen molar-refractivity contribution in [1.82, 2.24) is 20.0 Å². The molecule has 0 spiro atoms. The summed E-state index contributed by atoms with van der Waals surface area (Å²) in [7, 11) is 0. The molecule has 0 radical (unpaired) electrons. The molecule has 2 N–H and O–H groups in total. The van der Waals surface area contributed by atoms with Crippen LogP contribution in [-0.2, 0) is 0 Å². The first-order chi connectivity index (χ1) is 19.9. The number of pyridine rings is 1. The molecule has 0 saturated heterocycles. The summed E-state index contributed by atoms with van der Waals surface area (Å²) < 4.78 is 25.2. The minimum absolute atomic E-state index is 0.0590. The van der Waals surface area contributed by atoms with Gasteiger partial charge in [0, 0.05) is 17.3 Å². The van der Waals surface area contributed by atoms with Crippen molar-refractivity contribution in [2.24, 2.45) is 0 Å². The molecular weight excluding hydrogens is 525 g/mol. The first-order valence-corrected chi connectivity index (χ1v) is 13.6. The van der Waals surface area contributed by atoms with Crippen LogP contribution in [-0.4, -0.2) is 20.0 Å². The van der Waals surface area contributed by atoms with E-state index in [2.05, 4.69) is 38.9 Å². The number of nitrogens with zero attached hydrogens (tertiary/aromatic N) is 5. The van der Waals surface area contributed by atoms with Crippen molar-refractivity contribution in [3.8, 4) is 6.07 Å². The Morgan fingerprint density at radius 1 is 1.12 bits per heavy atom. The molecule has 0 bridgehead atoms. The Kier molecular flexibility index (Phi) is 6.72. The van der Waals surface area contributed by atoms with E-state index in [4.69, 9.17) is 11.6 Å². The molecule has 200 valence electrons. The highest BCUT2D eigenvalue weighted by Crippen LogP contribution is 2.38. The smallest absolute Gasteiger partial charge is 0.123 e. The maximum atomic E-state index is 13.9. The average molecular weight is 553 g/mol. The van der Waals surface area contributed by atoms with Gasteiger partial charge < -0.3 is 10.6 Å². The van der Waals surface area contributed by atoms with Crippen LogP contribution in [0.5, 0.6) is 0 Å². The number of benzene rings is 3. The van der Waals surface area contributed by atoms with Crippen LogP contribution in [0.4, 0.5) is 15.8 Å². The van der Waals surface area contributed by atoms with Gasteiger partial charge in [0.15, 0.2) is 0 Å². The first-order valence-electron chi connectivity index (χ1n) is 13.7. The van der Waals surface area contributed by atoms with Crippen molar-refractivity contribution in [3.05, 3.63) is 112 Å². The molecule has 0 aliphatic heterocycles. The predicted octanol–water partition coefficient (Wildman–Crippen LogP) is 7.59. The van der Waals surface area contributed by atoms with Crippen LogP contribution in [0.1, 0.15) is 68.0 Å². The monoisotopic (exact) mass is 552 g/mol. The number of anilines is 2. The van der Waals surface area contributed by atoms with Crippen LogP contribution in [0.2, 0.25) is 5.02 Å². The number of halogens is 2. The lowest BCUT2D eigenvalue weighted by Crippen LogP contribution is -2.14. The Hall–Kier alpha value is -4.48. The summed E-state index contributed by atoms with van der Waals surface area (Å²) >= 11 is 6.76. The van der Waals surface area contributed by atoms with Crippen LogP contribution >= 0.6 is 11.6 Å². The minimum atomic E-state index is -1.61. The van der Waals surface area contributed by atoms with E-state index in [-0.39, 0.29) is 12.1 Å². The molecule has 3 aromatic carbocycles. The highest BCUT2D eigenvalue weighted by molar-refractivity contribution is 6.35. The number of rotatable bonds is 9. The van der Waals surface area contributed by atoms with Gasteiger partial charge in [0.25, 0.3) is 0 Å². The third-order valence-electron chi connectivity index (χ3n) is 7.06. The molecule has 2 heterocycles. The molecule has 1 aliphatic rings. The zero-order chi connectivity index (χ0) is 28.6. The topological polar surface area (TPSA) is 91.5 Å². The average Bonchev–Trinajstić information content (AvgIpc) is 3.72. The molecule has 5 aromatic rings. The van der Waals surface area contributed by atoms with E-state index in [0.29, 0.717) is 44.1 Å². The van der Waals surface area contributed by atoms with E-state index >= 15 is 0 Å². The van der Waals surface area contributed by atoms with Crippen molar-refractivity contribution in [1.29, 1.82) is 5.26 Å². The molecule has 2 atom stereocenters. The van der Waals surface area contributed by atoms with Gasteiger partial charge >= 0.3 is 0 Å². The van der Waals surface area contributed by atoms with Crippen LogP contribution < -0.4 is 10.6 Å². The van der Waals surface area contributed by atoms with Gasteiger partial charge in [-0.15, -0.1) is 5.10 Å². The summed E-state index contributed by atoms with van der Waals surface area (Å²) in [6.07, 6.45) is 6.09. The molecule has 1 fully saturated rings. The summed E-state index contributed by atoms with van der Waals surface area (Å²) in [5, 5.41) is 26.4. The fourth-order valence-corrected chi connectivity index (χ4v) is 5.07. The third kappa shape index (κ3) is 5.21. The first kappa shape index (κ1) is 24.6. The zero-order valence-electron chi connectivity index (χ0n) is 22.8. The van der Waals surface area contributed by atoms with Gasteiger partial charge in [-0.1, -0.05) is 66.2 Å². The normalized spacial score (nSPS) is 15.6. The summed E-state index contributed by atoms with van der Waals surface area (Å²) in [5.74, 6) is -0.402. The lowest BCUT2D eigenvalue weighted by Gasteiger charge is -2.22. The largest absolute Gasteiger partial charge is 0.377 e. The predicted molar refractivity (Wildman–Crippen MR) is 155 cm³/mol. The van der Waals surface area contributed by atoms with Gasteiger partial charge in [0.2, 0.25) is 0 Å². The third-order valence-corrected chi connectivity index (χ3v) is 7.35. The van der Waals surface area contributed by atoms with Gasteiger partial charge in [0.05, 0.1) is 47.5 Å². The fourth-order valence-electron chi connectivity index (χ4n) is 4.81. The Bertz CT molecular complexity index is 1750. The molecule has 1 saturated carbocycles. The summed E-state index contributed by atoms with van der Waals surface area (Å²) in [6.45, 7) is 2.08. The molecule has 40 heavy (non-hydrogen) atoms. The summed E-state index contributed by atoms with van der Waals surface area (Å²) in [4.78, 5) is 4.47. The number of aromatic nitrogens is 4. The van der Waals surface area contributed by atoms with Gasteiger partial charge in [0.1, 0.15) is 17.6 Å². The second kappa shape index (κ2) is 10.9. The van der Waals surface area contributed by atoms with Crippen LogP contribution in [0, 0.1) is 17.1 Å². The number of fused-ring (bicyclic) bond motifs is 1. The quantitative estimate of drug-likeness (QED) is 0.196. The maximum absolute atomic E-state index is 13.9. The highest BCUT2D eigenvalue weighted by atomic mass is 35.5. The molecule has 1 aliphatic carbocycles. The number of hydrogen-bond acceptors (Lipinski definition) is 6. The summed E-state index contributed by atoms with van der Waals surface area (Å²) in [6, 6.07) is 20.2. The second-order valence-electron chi connectivity index (χ2n) is 9.85. The van der Waals surface area contributed by atoms with Crippen molar-refractivity contribution in [3.63, 3.8) is 0 Å². The Morgan fingerprint density at radius 2 is 1.90 bits per heavy atom. The van der Waals surface area contributed by atoms with E-state index in [9.17, 15) is 11.0 Å². The van der Waals surface area contributed by atoms with Crippen LogP contribution in [0.15, 0.2) is 79.1 Å². The minimum Gasteiger partial charge on any atom is -0.377 e. The SMILES string of the molecule is [2H][C@](Nc1cc(Cl)c2ncc(C#N)c(N[C@H](CC)c3ccccc3)c2c1)(c1ccc(F)cc1)c1cn(C2CC2)nn1. The zero-order valence-corrected chi connectivity index (χ0v) is 22.5. The van der Waals surface area contributed by atoms with Gasteiger partial charge in [-0.05, 0) is 54.7 Å². The Morgan fingerprint density at radius 3 is 2.60 bits per heavy atom. The molecule has 7 nitrogen and oxygen atoms in total. The number of hydrogen-bond donors (Lipinski definition) is 2. The fraction of sp³-hybridized carbons (Fsp3) is 0.226. The van der Waals surface area contributed by atoms with Gasteiger partial charge in [-0.3, -0.25) is 4.98 Å². The highest BCUT2D eigenvalue weighted by Gasteiger charge is 2.27. The second-order valence-corrected chi connectivity index (χ2v) is 10.3. The van der Waals surface area contributed by atoms with Crippen LogP contribution in [0.25, 0.3) is 10.9 Å².